The Labute approximate surface area is 98.5 Å². The molecule has 1 rings (SSSR count). The summed E-state index contributed by atoms with van der Waals surface area (Å²) in [7, 11) is 2.01. The lowest BCUT2D eigenvalue weighted by Crippen LogP contribution is -2.21. The molecule has 3 nitrogen and oxygen atoms in total. The third-order valence-electron chi connectivity index (χ3n) is 2.93. The van der Waals surface area contributed by atoms with Gasteiger partial charge in [-0.15, -0.1) is 0 Å². The summed E-state index contributed by atoms with van der Waals surface area (Å²) < 4.78 is 2.21. The van der Waals surface area contributed by atoms with Gasteiger partial charge in [0.2, 0.25) is 0 Å². The Bertz CT molecular complexity index is 294. The Kier molecular flexibility index (Phi) is 5.56. The molecular weight excluding hydrogens is 200 g/mol. The standard InChI is InChI=1S/C13H24N2O/c1-11(2)13(14-3)12-6-8-15(10-12)7-4-5-9-16/h6,8,10-11,13-14,16H,4-5,7,9H2,1-3H3. The molecule has 0 aliphatic heterocycles. The number of nitrogens with one attached hydrogen (secondary N) is 1. The van der Waals surface area contributed by atoms with E-state index in [1.807, 2.05) is 7.05 Å². The van der Waals surface area contributed by atoms with E-state index >= 15 is 0 Å². The highest BCUT2D eigenvalue weighted by Crippen LogP contribution is 2.21. The van der Waals surface area contributed by atoms with Crippen LogP contribution in [0.4, 0.5) is 0 Å². The fourth-order valence-electron chi connectivity index (χ4n) is 2.07. The predicted molar refractivity (Wildman–Crippen MR) is 67.4 cm³/mol. The molecule has 1 atom stereocenters. The number of aliphatic hydroxyl groups excluding tert-OH is 1. The van der Waals surface area contributed by atoms with Crippen LogP contribution in [-0.4, -0.2) is 23.3 Å². The second-order valence-corrected chi connectivity index (χ2v) is 4.62. The monoisotopic (exact) mass is 224 g/mol. The Morgan fingerprint density at radius 2 is 2.12 bits per heavy atom. The SMILES string of the molecule is CNC(c1ccn(CCCCO)c1)C(C)C. The Balaban J connectivity index is 2.55. The quantitative estimate of drug-likeness (QED) is 0.697. The fourth-order valence-corrected chi connectivity index (χ4v) is 2.07. The smallest absolute Gasteiger partial charge is 0.0431 e. The van der Waals surface area contributed by atoms with Gasteiger partial charge in [-0.1, -0.05) is 13.8 Å². The number of hydrogen-bond acceptors (Lipinski definition) is 2. The number of aromatic nitrogens is 1. The van der Waals surface area contributed by atoms with E-state index in [-0.39, 0.29) is 0 Å². The van der Waals surface area contributed by atoms with Crippen molar-refractivity contribution in [2.45, 2.75) is 39.3 Å². The molecule has 92 valence electrons. The molecule has 0 aromatic carbocycles. The lowest BCUT2D eigenvalue weighted by molar-refractivity contribution is 0.281. The first-order valence-electron chi connectivity index (χ1n) is 6.12. The maximum Gasteiger partial charge on any atom is 0.0431 e. The highest BCUT2D eigenvalue weighted by atomic mass is 16.2. The van der Waals surface area contributed by atoms with Gasteiger partial charge in [0.05, 0.1) is 0 Å². The maximum absolute atomic E-state index is 8.73. The predicted octanol–water partition coefficient (Wildman–Crippen LogP) is 2.18. The molecule has 1 heterocycles. The molecule has 0 amide bonds. The van der Waals surface area contributed by atoms with Crippen LogP contribution in [0.2, 0.25) is 0 Å². The summed E-state index contributed by atoms with van der Waals surface area (Å²) in [5.41, 5.74) is 1.35. The molecule has 1 unspecified atom stereocenters. The van der Waals surface area contributed by atoms with Crippen molar-refractivity contribution < 1.29 is 5.11 Å². The van der Waals surface area contributed by atoms with Crippen molar-refractivity contribution in [1.29, 1.82) is 0 Å². The van der Waals surface area contributed by atoms with Crippen LogP contribution in [0.3, 0.4) is 0 Å². The van der Waals surface area contributed by atoms with E-state index in [4.69, 9.17) is 5.11 Å². The fraction of sp³-hybridized carbons (Fsp3) is 0.692. The molecule has 1 aromatic rings. The second-order valence-electron chi connectivity index (χ2n) is 4.62. The maximum atomic E-state index is 8.73. The number of nitrogens with zero attached hydrogens (tertiary/aromatic N) is 1. The number of aliphatic hydroxyl groups is 1. The van der Waals surface area contributed by atoms with Crippen LogP contribution in [-0.2, 0) is 6.54 Å². The zero-order chi connectivity index (χ0) is 12.0. The molecule has 0 aliphatic rings. The van der Waals surface area contributed by atoms with Crippen molar-refractivity contribution in [2.75, 3.05) is 13.7 Å². The second kappa shape index (κ2) is 6.71. The summed E-state index contributed by atoms with van der Waals surface area (Å²) in [5, 5.41) is 12.1. The van der Waals surface area contributed by atoms with Crippen LogP contribution in [0.1, 0.15) is 38.3 Å². The van der Waals surface area contributed by atoms with Gasteiger partial charge in [0.1, 0.15) is 0 Å². The molecular formula is C13H24N2O. The van der Waals surface area contributed by atoms with E-state index in [0.29, 0.717) is 18.6 Å². The molecule has 0 bridgehead atoms. The molecule has 0 aliphatic carbocycles. The molecule has 0 fully saturated rings. The summed E-state index contributed by atoms with van der Waals surface area (Å²) >= 11 is 0. The van der Waals surface area contributed by atoms with E-state index in [9.17, 15) is 0 Å². The molecule has 0 saturated heterocycles. The summed E-state index contributed by atoms with van der Waals surface area (Å²) in [6.45, 7) is 5.74. The summed E-state index contributed by atoms with van der Waals surface area (Å²) in [6.07, 6.45) is 6.25. The van der Waals surface area contributed by atoms with Gasteiger partial charge in [-0.05, 0) is 37.4 Å². The van der Waals surface area contributed by atoms with Gasteiger partial charge >= 0.3 is 0 Å². The van der Waals surface area contributed by atoms with Crippen LogP contribution in [0.5, 0.6) is 0 Å². The molecule has 0 radical (unpaired) electrons. The van der Waals surface area contributed by atoms with E-state index in [2.05, 4.69) is 42.2 Å². The first-order chi connectivity index (χ1) is 7.69. The van der Waals surface area contributed by atoms with Crippen molar-refractivity contribution in [1.82, 2.24) is 9.88 Å². The molecule has 16 heavy (non-hydrogen) atoms. The average molecular weight is 224 g/mol. The Hall–Kier alpha value is -0.800. The van der Waals surface area contributed by atoms with Crippen LogP contribution >= 0.6 is 0 Å². The number of unbranched alkanes of at least 4 members (excludes halogenated alkanes) is 1. The zero-order valence-electron chi connectivity index (χ0n) is 10.6. The van der Waals surface area contributed by atoms with Gasteiger partial charge < -0.3 is 15.0 Å². The normalized spacial score (nSPS) is 13.3. The Morgan fingerprint density at radius 1 is 1.38 bits per heavy atom. The molecule has 3 heteroatoms. The molecule has 0 spiro atoms. The van der Waals surface area contributed by atoms with Crippen molar-refractivity contribution in [2.24, 2.45) is 5.92 Å². The van der Waals surface area contributed by atoms with Crippen molar-refractivity contribution in [3.8, 4) is 0 Å². The molecule has 2 N–H and O–H groups in total. The molecule has 1 aromatic heterocycles. The summed E-state index contributed by atoms with van der Waals surface area (Å²) in [6, 6.07) is 2.61. The largest absolute Gasteiger partial charge is 0.396 e. The van der Waals surface area contributed by atoms with Crippen molar-refractivity contribution in [3.63, 3.8) is 0 Å². The van der Waals surface area contributed by atoms with E-state index < -0.39 is 0 Å². The van der Waals surface area contributed by atoms with Gasteiger partial charge in [0, 0.05) is 31.6 Å². The van der Waals surface area contributed by atoms with E-state index in [1.165, 1.54) is 5.56 Å². The number of hydrogen-bond donors (Lipinski definition) is 2. The Morgan fingerprint density at radius 3 is 2.69 bits per heavy atom. The highest BCUT2D eigenvalue weighted by Gasteiger charge is 2.14. The van der Waals surface area contributed by atoms with E-state index in [1.54, 1.807) is 0 Å². The van der Waals surface area contributed by atoms with Crippen LogP contribution < -0.4 is 5.32 Å². The van der Waals surface area contributed by atoms with Gasteiger partial charge in [-0.25, -0.2) is 0 Å². The van der Waals surface area contributed by atoms with Gasteiger partial charge in [-0.2, -0.15) is 0 Å². The number of aryl methyl sites for hydroxylation is 1. The van der Waals surface area contributed by atoms with Gasteiger partial charge in [-0.3, -0.25) is 0 Å². The van der Waals surface area contributed by atoms with Gasteiger partial charge in [0.15, 0.2) is 0 Å². The average Bonchev–Trinajstić information content (AvgIpc) is 2.67. The van der Waals surface area contributed by atoms with Crippen LogP contribution in [0.25, 0.3) is 0 Å². The lowest BCUT2D eigenvalue weighted by atomic mass is 9.99. The zero-order valence-corrected chi connectivity index (χ0v) is 10.6. The highest BCUT2D eigenvalue weighted by molar-refractivity contribution is 5.16. The van der Waals surface area contributed by atoms with Crippen molar-refractivity contribution >= 4 is 0 Å². The summed E-state index contributed by atoms with van der Waals surface area (Å²) in [5.74, 6) is 0.596. The van der Waals surface area contributed by atoms with Crippen LogP contribution in [0.15, 0.2) is 18.5 Å². The molecule has 0 saturated carbocycles. The lowest BCUT2D eigenvalue weighted by Gasteiger charge is -2.18. The first kappa shape index (κ1) is 13.3. The van der Waals surface area contributed by atoms with Gasteiger partial charge in [0.25, 0.3) is 0 Å². The minimum atomic E-state index is 0.291. The van der Waals surface area contributed by atoms with Crippen LogP contribution in [0, 0.1) is 5.92 Å². The summed E-state index contributed by atoms with van der Waals surface area (Å²) in [4.78, 5) is 0. The first-order valence-corrected chi connectivity index (χ1v) is 6.12. The third kappa shape index (κ3) is 3.65. The van der Waals surface area contributed by atoms with Crippen molar-refractivity contribution in [3.05, 3.63) is 24.0 Å². The minimum absolute atomic E-state index is 0.291. The minimum Gasteiger partial charge on any atom is -0.396 e. The number of rotatable bonds is 7. The third-order valence-corrected chi connectivity index (χ3v) is 2.93. The topological polar surface area (TPSA) is 37.2 Å². The van der Waals surface area contributed by atoms with E-state index in [0.717, 1.165) is 19.4 Å².